The standard InChI is InChI=1S/C14H28O3/c1-4-6-7-13(5-2)12-14(15)8-9-17-11-10-16-3/h13H,4-12H2,1-3H3. The van der Waals surface area contributed by atoms with E-state index in [2.05, 4.69) is 13.8 Å². The number of carbonyl (C=O) groups excluding carboxylic acids is 1. The third-order valence-corrected chi connectivity index (χ3v) is 3.02. The zero-order valence-corrected chi connectivity index (χ0v) is 11.7. The van der Waals surface area contributed by atoms with E-state index in [-0.39, 0.29) is 0 Å². The molecule has 3 heteroatoms. The third kappa shape index (κ3) is 10.5. The van der Waals surface area contributed by atoms with Crippen LogP contribution in [0.15, 0.2) is 0 Å². The van der Waals surface area contributed by atoms with E-state index in [9.17, 15) is 4.79 Å². The molecule has 0 aromatic carbocycles. The lowest BCUT2D eigenvalue weighted by Gasteiger charge is -2.13. The maximum Gasteiger partial charge on any atom is 0.135 e. The van der Waals surface area contributed by atoms with Crippen LogP contribution in [0.5, 0.6) is 0 Å². The Kier molecular flexibility index (Phi) is 11.8. The fraction of sp³-hybridized carbons (Fsp3) is 0.929. The minimum Gasteiger partial charge on any atom is -0.382 e. The van der Waals surface area contributed by atoms with Gasteiger partial charge in [0, 0.05) is 20.0 Å². The lowest BCUT2D eigenvalue weighted by Crippen LogP contribution is -2.11. The highest BCUT2D eigenvalue weighted by molar-refractivity contribution is 5.78. The Labute approximate surface area is 106 Å². The third-order valence-electron chi connectivity index (χ3n) is 3.02. The van der Waals surface area contributed by atoms with E-state index in [0.717, 1.165) is 12.8 Å². The lowest BCUT2D eigenvalue weighted by atomic mass is 9.93. The van der Waals surface area contributed by atoms with Gasteiger partial charge in [0.15, 0.2) is 0 Å². The Bertz CT molecular complexity index is 180. The molecule has 0 fully saturated rings. The minimum atomic E-state index is 0.338. The molecule has 102 valence electrons. The van der Waals surface area contributed by atoms with Crippen molar-refractivity contribution >= 4 is 5.78 Å². The van der Waals surface area contributed by atoms with Crippen molar-refractivity contribution in [1.82, 2.24) is 0 Å². The Morgan fingerprint density at radius 2 is 1.94 bits per heavy atom. The number of hydrogen-bond acceptors (Lipinski definition) is 3. The summed E-state index contributed by atoms with van der Waals surface area (Å²) in [5, 5.41) is 0. The van der Waals surface area contributed by atoms with Gasteiger partial charge in [0.1, 0.15) is 5.78 Å². The van der Waals surface area contributed by atoms with Crippen LogP contribution in [0.1, 0.15) is 52.4 Å². The van der Waals surface area contributed by atoms with Gasteiger partial charge in [0.25, 0.3) is 0 Å². The van der Waals surface area contributed by atoms with E-state index in [0.29, 0.717) is 37.9 Å². The van der Waals surface area contributed by atoms with Crippen LogP contribution >= 0.6 is 0 Å². The quantitative estimate of drug-likeness (QED) is 0.494. The van der Waals surface area contributed by atoms with E-state index < -0.39 is 0 Å². The van der Waals surface area contributed by atoms with Crippen LogP contribution in [0.4, 0.5) is 0 Å². The normalized spacial score (nSPS) is 12.6. The van der Waals surface area contributed by atoms with Crippen molar-refractivity contribution < 1.29 is 14.3 Å². The summed E-state index contributed by atoms with van der Waals surface area (Å²) in [5.41, 5.74) is 0. The van der Waals surface area contributed by atoms with Gasteiger partial charge in [-0.25, -0.2) is 0 Å². The van der Waals surface area contributed by atoms with Crippen molar-refractivity contribution in [2.45, 2.75) is 52.4 Å². The summed E-state index contributed by atoms with van der Waals surface area (Å²) in [4.78, 5) is 11.7. The summed E-state index contributed by atoms with van der Waals surface area (Å²) in [6.07, 6.45) is 6.01. The topological polar surface area (TPSA) is 35.5 Å². The highest BCUT2D eigenvalue weighted by Crippen LogP contribution is 2.17. The molecule has 17 heavy (non-hydrogen) atoms. The molecule has 0 radical (unpaired) electrons. The first-order chi connectivity index (χ1) is 8.24. The zero-order valence-electron chi connectivity index (χ0n) is 11.7. The number of ketones is 1. The smallest absolute Gasteiger partial charge is 0.135 e. The Balaban J connectivity index is 3.53. The highest BCUT2D eigenvalue weighted by atomic mass is 16.5. The molecular formula is C14H28O3. The van der Waals surface area contributed by atoms with Crippen LogP contribution in [-0.2, 0) is 14.3 Å². The second kappa shape index (κ2) is 12.1. The number of carbonyl (C=O) groups is 1. The molecule has 0 aromatic heterocycles. The molecule has 0 saturated heterocycles. The Morgan fingerprint density at radius 1 is 1.18 bits per heavy atom. The molecule has 1 atom stereocenters. The average Bonchev–Trinajstić information content (AvgIpc) is 2.34. The molecule has 0 aliphatic heterocycles. The lowest BCUT2D eigenvalue weighted by molar-refractivity contribution is -0.121. The van der Waals surface area contributed by atoms with E-state index in [1.54, 1.807) is 7.11 Å². The summed E-state index contributed by atoms with van der Waals surface area (Å²) in [6.45, 7) is 6.08. The van der Waals surface area contributed by atoms with Gasteiger partial charge in [-0.15, -0.1) is 0 Å². The van der Waals surface area contributed by atoms with Crippen LogP contribution in [0.25, 0.3) is 0 Å². The van der Waals surface area contributed by atoms with Gasteiger partial charge in [-0.05, 0) is 5.92 Å². The molecule has 0 saturated carbocycles. The number of rotatable bonds is 12. The van der Waals surface area contributed by atoms with Crippen molar-refractivity contribution in [2.75, 3.05) is 26.9 Å². The first-order valence-corrected chi connectivity index (χ1v) is 6.82. The van der Waals surface area contributed by atoms with Gasteiger partial charge in [0.05, 0.1) is 19.8 Å². The minimum absolute atomic E-state index is 0.338. The van der Waals surface area contributed by atoms with E-state index in [1.807, 2.05) is 0 Å². The number of hydrogen-bond donors (Lipinski definition) is 0. The number of ether oxygens (including phenoxy) is 2. The summed E-state index contributed by atoms with van der Waals surface area (Å²) in [7, 11) is 1.65. The van der Waals surface area contributed by atoms with Crippen LogP contribution < -0.4 is 0 Å². The SMILES string of the molecule is CCCCC(CC)CC(=O)CCOCCOC. The van der Waals surface area contributed by atoms with Crippen molar-refractivity contribution in [2.24, 2.45) is 5.92 Å². The number of unbranched alkanes of at least 4 members (excludes halogenated alkanes) is 1. The van der Waals surface area contributed by atoms with Gasteiger partial charge >= 0.3 is 0 Å². The van der Waals surface area contributed by atoms with Gasteiger partial charge in [-0.3, -0.25) is 4.79 Å². The summed E-state index contributed by atoms with van der Waals surface area (Å²) in [6, 6.07) is 0. The molecule has 1 unspecified atom stereocenters. The summed E-state index contributed by atoms with van der Waals surface area (Å²) in [5.74, 6) is 0.909. The van der Waals surface area contributed by atoms with Crippen molar-refractivity contribution in [3.63, 3.8) is 0 Å². The Morgan fingerprint density at radius 3 is 2.53 bits per heavy atom. The number of Topliss-reactive ketones (excluding diaryl/α,β-unsaturated/α-hetero) is 1. The monoisotopic (exact) mass is 244 g/mol. The molecule has 0 aliphatic carbocycles. The largest absolute Gasteiger partial charge is 0.382 e. The predicted octanol–water partition coefficient (Wildman–Crippen LogP) is 3.22. The molecule has 0 amide bonds. The molecule has 0 spiro atoms. The van der Waals surface area contributed by atoms with E-state index in [1.165, 1.54) is 19.3 Å². The predicted molar refractivity (Wildman–Crippen MR) is 70.2 cm³/mol. The van der Waals surface area contributed by atoms with Crippen molar-refractivity contribution in [3.8, 4) is 0 Å². The molecule has 0 aromatic rings. The molecule has 0 rings (SSSR count). The Hall–Kier alpha value is -0.410. The molecule has 0 aliphatic rings. The summed E-state index contributed by atoms with van der Waals surface area (Å²) >= 11 is 0. The van der Waals surface area contributed by atoms with Crippen molar-refractivity contribution in [3.05, 3.63) is 0 Å². The van der Waals surface area contributed by atoms with Crippen molar-refractivity contribution in [1.29, 1.82) is 0 Å². The van der Waals surface area contributed by atoms with Gasteiger partial charge in [-0.1, -0.05) is 39.5 Å². The molecular weight excluding hydrogens is 216 g/mol. The summed E-state index contributed by atoms with van der Waals surface area (Å²) < 4.78 is 10.2. The zero-order chi connectivity index (χ0) is 12.9. The maximum atomic E-state index is 11.7. The second-order valence-corrected chi connectivity index (χ2v) is 4.51. The molecule has 0 bridgehead atoms. The molecule has 0 N–H and O–H groups in total. The van der Waals surface area contributed by atoms with Crippen LogP contribution in [0.2, 0.25) is 0 Å². The highest BCUT2D eigenvalue weighted by Gasteiger charge is 2.11. The first kappa shape index (κ1) is 16.6. The van der Waals surface area contributed by atoms with Gasteiger partial charge < -0.3 is 9.47 Å². The fourth-order valence-corrected chi connectivity index (χ4v) is 1.80. The van der Waals surface area contributed by atoms with Crippen LogP contribution in [0, 0.1) is 5.92 Å². The first-order valence-electron chi connectivity index (χ1n) is 6.82. The van der Waals surface area contributed by atoms with Gasteiger partial charge in [0.2, 0.25) is 0 Å². The van der Waals surface area contributed by atoms with Crippen LogP contribution in [-0.4, -0.2) is 32.7 Å². The maximum absolute atomic E-state index is 11.7. The second-order valence-electron chi connectivity index (χ2n) is 4.51. The van der Waals surface area contributed by atoms with E-state index in [4.69, 9.17) is 9.47 Å². The van der Waals surface area contributed by atoms with Gasteiger partial charge in [-0.2, -0.15) is 0 Å². The molecule has 0 heterocycles. The molecule has 3 nitrogen and oxygen atoms in total. The fourth-order valence-electron chi connectivity index (χ4n) is 1.80. The van der Waals surface area contributed by atoms with Crippen LogP contribution in [0.3, 0.4) is 0 Å². The van der Waals surface area contributed by atoms with E-state index >= 15 is 0 Å². The average molecular weight is 244 g/mol. The number of methoxy groups -OCH3 is 1.